The Labute approximate surface area is 128 Å². The highest BCUT2D eigenvalue weighted by Crippen LogP contribution is 2.17. The van der Waals surface area contributed by atoms with Gasteiger partial charge in [0.25, 0.3) is 0 Å². The van der Waals surface area contributed by atoms with Crippen molar-refractivity contribution in [2.24, 2.45) is 0 Å². The fraction of sp³-hybridized carbons (Fsp3) is 0.312. The number of aromatic nitrogens is 1. The van der Waals surface area contributed by atoms with E-state index in [2.05, 4.69) is 46.1 Å². The average molecular weight is 335 g/mol. The van der Waals surface area contributed by atoms with Crippen molar-refractivity contribution in [2.45, 2.75) is 33.0 Å². The SMILES string of the molecule is CC(C)NCc1ccc(COc2ccc(Br)cc2)nc1. The minimum absolute atomic E-state index is 0.482. The molecule has 106 valence electrons. The summed E-state index contributed by atoms with van der Waals surface area (Å²) < 4.78 is 6.73. The van der Waals surface area contributed by atoms with Gasteiger partial charge < -0.3 is 10.1 Å². The summed E-state index contributed by atoms with van der Waals surface area (Å²) in [4.78, 5) is 4.41. The number of benzene rings is 1. The molecule has 0 amide bonds. The van der Waals surface area contributed by atoms with Crippen LogP contribution in [0.25, 0.3) is 0 Å². The van der Waals surface area contributed by atoms with Crippen molar-refractivity contribution in [1.82, 2.24) is 10.3 Å². The molecular formula is C16H19BrN2O. The number of nitrogens with one attached hydrogen (secondary N) is 1. The average Bonchev–Trinajstić information content (AvgIpc) is 2.45. The smallest absolute Gasteiger partial charge is 0.130 e. The van der Waals surface area contributed by atoms with Crippen LogP contribution in [0, 0.1) is 0 Å². The molecule has 0 spiro atoms. The van der Waals surface area contributed by atoms with Crippen LogP contribution in [0.2, 0.25) is 0 Å². The molecule has 1 heterocycles. The summed E-state index contributed by atoms with van der Waals surface area (Å²) in [6.45, 7) is 5.60. The van der Waals surface area contributed by atoms with E-state index in [9.17, 15) is 0 Å². The van der Waals surface area contributed by atoms with Crippen molar-refractivity contribution in [3.63, 3.8) is 0 Å². The predicted octanol–water partition coefficient (Wildman–Crippen LogP) is 3.92. The lowest BCUT2D eigenvalue weighted by atomic mass is 10.2. The summed E-state index contributed by atoms with van der Waals surface area (Å²) >= 11 is 3.40. The number of hydrogen-bond donors (Lipinski definition) is 1. The summed E-state index contributed by atoms with van der Waals surface area (Å²) in [5.41, 5.74) is 2.12. The summed E-state index contributed by atoms with van der Waals surface area (Å²) in [6.07, 6.45) is 1.90. The lowest BCUT2D eigenvalue weighted by molar-refractivity contribution is 0.301. The van der Waals surface area contributed by atoms with Gasteiger partial charge in [0, 0.05) is 23.3 Å². The minimum atomic E-state index is 0.482. The fourth-order valence-corrected chi connectivity index (χ4v) is 1.92. The van der Waals surface area contributed by atoms with E-state index >= 15 is 0 Å². The molecule has 2 rings (SSSR count). The number of halogens is 1. The Kier molecular flexibility index (Phi) is 5.56. The lowest BCUT2D eigenvalue weighted by Crippen LogP contribution is -2.21. The van der Waals surface area contributed by atoms with Crippen LogP contribution in [0.4, 0.5) is 0 Å². The quantitative estimate of drug-likeness (QED) is 0.869. The molecule has 0 saturated heterocycles. The van der Waals surface area contributed by atoms with Gasteiger partial charge >= 0.3 is 0 Å². The molecule has 1 N–H and O–H groups in total. The number of rotatable bonds is 6. The highest BCUT2D eigenvalue weighted by Gasteiger charge is 1.99. The van der Waals surface area contributed by atoms with E-state index in [1.165, 1.54) is 5.56 Å². The van der Waals surface area contributed by atoms with Gasteiger partial charge in [0.15, 0.2) is 0 Å². The van der Waals surface area contributed by atoms with E-state index in [1.54, 1.807) is 0 Å². The zero-order valence-electron chi connectivity index (χ0n) is 11.8. The molecule has 0 aliphatic carbocycles. The topological polar surface area (TPSA) is 34.1 Å². The molecule has 0 aliphatic heterocycles. The highest BCUT2D eigenvalue weighted by molar-refractivity contribution is 9.10. The Bertz CT molecular complexity index is 523. The Balaban J connectivity index is 1.85. The molecule has 0 fully saturated rings. The number of hydrogen-bond acceptors (Lipinski definition) is 3. The van der Waals surface area contributed by atoms with E-state index in [0.29, 0.717) is 12.6 Å². The van der Waals surface area contributed by atoms with E-state index in [-0.39, 0.29) is 0 Å². The summed E-state index contributed by atoms with van der Waals surface area (Å²) in [6, 6.07) is 12.4. The maximum Gasteiger partial charge on any atom is 0.130 e. The normalized spacial score (nSPS) is 10.8. The van der Waals surface area contributed by atoms with Crippen LogP contribution in [-0.2, 0) is 13.2 Å². The predicted molar refractivity (Wildman–Crippen MR) is 84.7 cm³/mol. The van der Waals surface area contributed by atoms with Crippen LogP contribution in [0.3, 0.4) is 0 Å². The van der Waals surface area contributed by atoms with Gasteiger partial charge in [0.05, 0.1) is 5.69 Å². The van der Waals surface area contributed by atoms with E-state index < -0.39 is 0 Å². The third kappa shape index (κ3) is 4.94. The molecule has 1 aromatic carbocycles. The fourth-order valence-electron chi connectivity index (χ4n) is 1.66. The van der Waals surface area contributed by atoms with Gasteiger partial charge in [0.2, 0.25) is 0 Å². The highest BCUT2D eigenvalue weighted by atomic mass is 79.9. The van der Waals surface area contributed by atoms with Crippen LogP contribution in [0.1, 0.15) is 25.1 Å². The molecule has 1 aromatic heterocycles. The summed E-state index contributed by atoms with van der Waals surface area (Å²) in [5, 5.41) is 3.37. The van der Waals surface area contributed by atoms with Crippen LogP contribution >= 0.6 is 15.9 Å². The zero-order chi connectivity index (χ0) is 14.4. The molecule has 2 aromatic rings. The second-order valence-corrected chi connectivity index (χ2v) is 5.85. The first-order valence-corrected chi connectivity index (χ1v) is 7.48. The third-order valence-electron chi connectivity index (χ3n) is 2.80. The van der Waals surface area contributed by atoms with Gasteiger partial charge in [-0.05, 0) is 35.9 Å². The van der Waals surface area contributed by atoms with Crippen LogP contribution in [0.5, 0.6) is 5.75 Å². The first kappa shape index (κ1) is 15.0. The molecule has 0 bridgehead atoms. The summed E-state index contributed by atoms with van der Waals surface area (Å²) in [7, 11) is 0. The van der Waals surface area contributed by atoms with Gasteiger partial charge in [-0.2, -0.15) is 0 Å². The van der Waals surface area contributed by atoms with Crippen molar-refractivity contribution in [2.75, 3.05) is 0 Å². The molecule has 3 nitrogen and oxygen atoms in total. The standard InChI is InChI=1S/C16H19BrN2O/c1-12(2)18-9-13-3-6-15(19-10-13)11-20-16-7-4-14(17)5-8-16/h3-8,10,12,18H,9,11H2,1-2H3. The molecule has 20 heavy (non-hydrogen) atoms. The minimum Gasteiger partial charge on any atom is -0.487 e. The van der Waals surface area contributed by atoms with Gasteiger partial charge in [-0.1, -0.05) is 35.8 Å². The number of ether oxygens (including phenoxy) is 1. The maximum atomic E-state index is 5.69. The summed E-state index contributed by atoms with van der Waals surface area (Å²) in [5.74, 6) is 0.848. The van der Waals surface area contributed by atoms with Crippen molar-refractivity contribution in [3.05, 3.63) is 58.3 Å². The second kappa shape index (κ2) is 7.41. The molecule has 0 saturated carbocycles. The van der Waals surface area contributed by atoms with Crippen molar-refractivity contribution in [3.8, 4) is 5.75 Å². The van der Waals surface area contributed by atoms with Crippen LogP contribution < -0.4 is 10.1 Å². The van der Waals surface area contributed by atoms with Crippen molar-refractivity contribution < 1.29 is 4.74 Å². The van der Waals surface area contributed by atoms with E-state index in [1.807, 2.05) is 36.5 Å². The monoisotopic (exact) mass is 334 g/mol. The van der Waals surface area contributed by atoms with Crippen molar-refractivity contribution in [1.29, 1.82) is 0 Å². The molecular weight excluding hydrogens is 316 g/mol. The Hall–Kier alpha value is -1.39. The Morgan fingerprint density at radius 2 is 1.90 bits per heavy atom. The van der Waals surface area contributed by atoms with E-state index in [4.69, 9.17) is 4.74 Å². The Morgan fingerprint density at radius 1 is 1.15 bits per heavy atom. The van der Waals surface area contributed by atoms with E-state index in [0.717, 1.165) is 22.5 Å². The van der Waals surface area contributed by atoms with Crippen LogP contribution in [-0.4, -0.2) is 11.0 Å². The van der Waals surface area contributed by atoms with Gasteiger partial charge in [-0.25, -0.2) is 0 Å². The molecule has 0 aliphatic rings. The van der Waals surface area contributed by atoms with Crippen LogP contribution in [0.15, 0.2) is 47.1 Å². The molecule has 0 radical (unpaired) electrons. The molecule has 0 atom stereocenters. The maximum absolute atomic E-state index is 5.69. The van der Waals surface area contributed by atoms with Gasteiger partial charge in [-0.15, -0.1) is 0 Å². The second-order valence-electron chi connectivity index (χ2n) is 4.94. The van der Waals surface area contributed by atoms with Gasteiger partial charge in [0.1, 0.15) is 12.4 Å². The largest absolute Gasteiger partial charge is 0.487 e. The molecule has 0 unspecified atom stereocenters. The number of nitrogens with zero attached hydrogens (tertiary/aromatic N) is 1. The van der Waals surface area contributed by atoms with Crippen molar-refractivity contribution >= 4 is 15.9 Å². The Morgan fingerprint density at radius 3 is 2.50 bits per heavy atom. The third-order valence-corrected chi connectivity index (χ3v) is 3.33. The number of pyridine rings is 1. The first-order chi connectivity index (χ1) is 9.63. The lowest BCUT2D eigenvalue weighted by Gasteiger charge is -2.09. The molecule has 4 heteroatoms. The van der Waals surface area contributed by atoms with Gasteiger partial charge in [-0.3, -0.25) is 4.98 Å². The zero-order valence-corrected chi connectivity index (χ0v) is 13.4. The first-order valence-electron chi connectivity index (χ1n) is 6.69.